The molecular weight excluding hydrogens is 411 g/mol. The molecule has 2 atom stereocenters. The van der Waals surface area contributed by atoms with E-state index in [1.165, 1.54) is 17.6 Å². The van der Waals surface area contributed by atoms with Gasteiger partial charge in [-0.25, -0.2) is 4.98 Å². The number of nitrogens with zero attached hydrogens (tertiary/aromatic N) is 2. The molecule has 2 fully saturated rings. The molecule has 0 spiro atoms. The van der Waals surface area contributed by atoms with Crippen LogP contribution in [0.2, 0.25) is 0 Å². The van der Waals surface area contributed by atoms with Gasteiger partial charge in [-0.2, -0.15) is 0 Å². The second-order valence-electron chi connectivity index (χ2n) is 6.64. The lowest BCUT2D eigenvalue weighted by molar-refractivity contribution is -0.129. The number of anilines is 1. The van der Waals surface area contributed by atoms with E-state index in [1.807, 2.05) is 10.3 Å². The van der Waals surface area contributed by atoms with Crippen molar-refractivity contribution in [3.05, 3.63) is 34.7 Å². The number of aromatic nitrogens is 1. The molecule has 27 heavy (non-hydrogen) atoms. The summed E-state index contributed by atoms with van der Waals surface area (Å²) < 4.78 is 5.14. The Labute approximate surface area is 173 Å². The number of thiazole rings is 1. The van der Waals surface area contributed by atoms with Crippen LogP contribution >= 0.6 is 36.2 Å². The van der Waals surface area contributed by atoms with E-state index in [1.54, 1.807) is 13.0 Å². The molecule has 148 valence electrons. The van der Waals surface area contributed by atoms with E-state index >= 15 is 0 Å². The third-order valence-corrected chi connectivity index (χ3v) is 5.76. The van der Waals surface area contributed by atoms with E-state index in [0.29, 0.717) is 34.0 Å². The molecule has 4 heterocycles. The number of carbonyl (C=O) groups is 2. The van der Waals surface area contributed by atoms with Gasteiger partial charge in [0, 0.05) is 31.6 Å². The number of hydrogen-bond acceptors (Lipinski definition) is 6. The van der Waals surface area contributed by atoms with Crippen LogP contribution in [-0.2, 0) is 11.2 Å². The molecule has 7 nitrogen and oxygen atoms in total. The predicted octanol–water partition coefficient (Wildman–Crippen LogP) is 2.36. The summed E-state index contributed by atoms with van der Waals surface area (Å²) in [5, 5.41) is 8.45. The van der Waals surface area contributed by atoms with Gasteiger partial charge in [-0.05, 0) is 24.8 Å². The molecule has 2 aromatic heterocycles. The SMILES string of the molecule is Cc1occc1C(=O)Nc1nc(CC(=O)N2C[C@H]3CNC[C@H]3C2)cs1.Cl.Cl. The highest BCUT2D eigenvalue weighted by molar-refractivity contribution is 7.14. The normalized spacial score (nSPS) is 20.6. The van der Waals surface area contributed by atoms with Gasteiger partial charge in [-0.15, -0.1) is 36.2 Å². The fourth-order valence-corrected chi connectivity index (χ4v) is 4.26. The van der Waals surface area contributed by atoms with Gasteiger partial charge < -0.3 is 14.6 Å². The van der Waals surface area contributed by atoms with Gasteiger partial charge in [0.25, 0.3) is 5.91 Å². The second-order valence-corrected chi connectivity index (χ2v) is 7.50. The molecule has 0 aromatic carbocycles. The van der Waals surface area contributed by atoms with Crippen LogP contribution in [0.1, 0.15) is 21.8 Å². The minimum absolute atomic E-state index is 0. The summed E-state index contributed by atoms with van der Waals surface area (Å²) in [7, 11) is 0. The highest BCUT2D eigenvalue weighted by Crippen LogP contribution is 2.27. The number of aryl methyl sites for hydroxylation is 1. The molecule has 2 saturated heterocycles. The zero-order valence-corrected chi connectivity index (χ0v) is 17.2. The summed E-state index contributed by atoms with van der Waals surface area (Å²) in [6.45, 7) is 5.43. The van der Waals surface area contributed by atoms with Crippen LogP contribution in [-0.4, -0.2) is 47.9 Å². The minimum Gasteiger partial charge on any atom is -0.469 e. The van der Waals surface area contributed by atoms with Gasteiger partial charge in [0.1, 0.15) is 5.76 Å². The maximum absolute atomic E-state index is 12.5. The number of fused-ring (bicyclic) bond motifs is 1. The summed E-state index contributed by atoms with van der Waals surface area (Å²) in [6.07, 6.45) is 1.76. The van der Waals surface area contributed by atoms with Crippen molar-refractivity contribution in [2.75, 3.05) is 31.5 Å². The van der Waals surface area contributed by atoms with Gasteiger partial charge in [-0.3, -0.25) is 14.9 Å². The summed E-state index contributed by atoms with van der Waals surface area (Å²) in [5.74, 6) is 1.61. The summed E-state index contributed by atoms with van der Waals surface area (Å²) in [4.78, 5) is 31.0. The zero-order valence-electron chi connectivity index (χ0n) is 14.8. The standard InChI is InChI=1S/C17H20N4O3S.2ClH/c1-10-14(2-3-24-10)16(23)20-17-19-13(9-25-17)4-15(22)21-7-11-5-18-6-12(11)8-21;;/h2-3,9,11-12,18H,4-8H2,1H3,(H,19,20,23);2*1H/t11-,12+;;. The average Bonchev–Trinajstić information content (AvgIpc) is 3.30. The third kappa shape index (κ3) is 4.63. The van der Waals surface area contributed by atoms with Gasteiger partial charge >= 0.3 is 0 Å². The summed E-state index contributed by atoms with van der Waals surface area (Å²) in [5.41, 5.74) is 1.19. The van der Waals surface area contributed by atoms with Gasteiger partial charge in [0.2, 0.25) is 5.91 Å². The largest absolute Gasteiger partial charge is 0.469 e. The maximum atomic E-state index is 12.5. The van der Waals surface area contributed by atoms with Crippen molar-refractivity contribution in [2.45, 2.75) is 13.3 Å². The van der Waals surface area contributed by atoms with Gasteiger partial charge in [-0.1, -0.05) is 0 Å². The predicted molar refractivity (Wildman–Crippen MR) is 108 cm³/mol. The van der Waals surface area contributed by atoms with Crippen LogP contribution < -0.4 is 10.6 Å². The van der Waals surface area contributed by atoms with Crippen LogP contribution in [0.4, 0.5) is 5.13 Å². The van der Waals surface area contributed by atoms with Gasteiger partial charge in [0.15, 0.2) is 5.13 Å². The fraction of sp³-hybridized carbons (Fsp3) is 0.471. The Kier molecular flexibility index (Phi) is 7.27. The lowest BCUT2D eigenvalue weighted by Gasteiger charge is -2.16. The molecule has 0 unspecified atom stereocenters. The van der Waals surface area contributed by atoms with Crippen LogP contribution in [0.15, 0.2) is 22.1 Å². The Morgan fingerprint density at radius 1 is 1.33 bits per heavy atom. The summed E-state index contributed by atoms with van der Waals surface area (Å²) >= 11 is 1.33. The molecule has 2 N–H and O–H groups in total. The lowest BCUT2D eigenvalue weighted by atomic mass is 10.0. The molecule has 2 aliphatic rings. The highest BCUT2D eigenvalue weighted by atomic mass is 35.5. The first-order valence-corrected chi connectivity index (χ1v) is 9.26. The molecule has 0 bridgehead atoms. The Morgan fingerprint density at radius 3 is 2.67 bits per heavy atom. The molecule has 2 amide bonds. The fourth-order valence-electron chi connectivity index (χ4n) is 3.56. The Balaban J connectivity index is 0.00000131. The number of rotatable bonds is 4. The monoisotopic (exact) mass is 432 g/mol. The van der Waals surface area contributed by atoms with Crippen molar-refractivity contribution in [2.24, 2.45) is 11.8 Å². The average molecular weight is 433 g/mol. The molecule has 2 aliphatic heterocycles. The van der Waals surface area contributed by atoms with Crippen molar-refractivity contribution < 1.29 is 14.0 Å². The lowest BCUT2D eigenvalue weighted by Crippen LogP contribution is -2.33. The van der Waals surface area contributed by atoms with E-state index in [9.17, 15) is 9.59 Å². The van der Waals surface area contributed by atoms with Crippen molar-refractivity contribution in [1.29, 1.82) is 0 Å². The van der Waals surface area contributed by atoms with Crippen molar-refractivity contribution in [1.82, 2.24) is 15.2 Å². The second kappa shape index (κ2) is 9.05. The number of hydrogen-bond donors (Lipinski definition) is 2. The van der Waals surface area contributed by atoms with E-state index in [0.717, 1.165) is 26.2 Å². The first-order valence-electron chi connectivity index (χ1n) is 8.38. The third-order valence-electron chi connectivity index (χ3n) is 4.95. The van der Waals surface area contributed by atoms with Crippen LogP contribution in [0.3, 0.4) is 0 Å². The summed E-state index contributed by atoms with van der Waals surface area (Å²) in [6, 6.07) is 1.63. The highest BCUT2D eigenvalue weighted by Gasteiger charge is 2.37. The van der Waals surface area contributed by atoms with Crippen LogP contribution in [0.5, 0.6) is 0 Å². The van der Waals surface area contributed by atoms with E-state index < -0.39 is 0 Å². The topological polar surface area (TPSA) is 87.5 Å². The van der Waals surface area contributed by atoms with E-state index in [2.05, 4.69) is 15.6 Å². The maximum Gasteiger partial charge on any atom is 0.260 e. The molecule has 0 saturated carbocycles. The Hall–Kier alpha value is -1.61. The van der Waals surface area contributed by atoms with E-state index in [4.69, 9.17) is 4.42 Å². The van der Waals surface area contributed by atoms with Crippen molar-refractivity contribution in [3.63, 3.8) is 0 Å². The first kappa shape index (κ1) is 21.7. The molecule has 10 heteroatoms. The van der Waals surface area contributed by atoms with Crippen LogP contribution in [0.25, 0.3) is 0 Å². The van der Waals surface area contributed by atoms with Gasteiger partial charge in [0.05, 0.1) is 23.9 Å². The zero-order chi connectivity index (χ0) is 17.4. The van der Waals surface area contributed by atoms with Crippen LogP contribution in [0, 0.1) is 18.8 Å². The first-order chi connectivity index (χ1) is 12.1. The number of carbonyl (C=O) groups excluding carboxylic acids is 2. The van der Waals surface area contributed by atoms with E-state index in [-0.39, 0.29) is 43.0 Å². The Bertz CT molecular complexity index is 798. The quantitative estimate of drug-likeness (QED) is 0.773. The number of furan rings is 1. The number of amides is 2. The van der Waals surface area contributed by atoms with Crippen molar-refractivity contribution in [3.8, 4) is 0 Å². The molecule has 0 aliphatic carbocycles. The van der Waals surface area contributed by atoms with Crippen molar-refractivity contribution >= 4 is 53.1 Å². The Morgan fingerprint density at radius 2 is 2.04 bits per heavy atom. The molecular formula is C17H22Cl2N4O3S. The number of likely N-dealkylation sites (tertiary alicyclic amines) is 1. The number of nitrogens with one attached hydrogen (secondary N) is 2. The minimum atomic E-state index is -0.252. The number of halogens is 2. The smallest absolute Gasteiger partial charge is 0.260 e. The molecule has 0 radical (unpaired) electrons. The molecule has 4 rings (SSSR count). The molecule has 2 aromatic rings.